The number of amides is 2. The van der Waals surface area contributed by atoms with E-state index in [1.807, 2.05) is 36.0 Å². The largest absolute Gasteiger partial charge is 0.345 e. The number of aromatic nitrogens is 3. The summed E-state index contributed by atoms with van der Waals surface area (Å²) in [4.78, 5) is 32.6. The highest BCUT2D eigenvalue weighted by Gasteiger charge is 2.19. The molecular formula is C23H23N5O2S. The first-order valence-electron chi connectivity index (χ1n) is 9.90. The molecule has 0 spiro atoms. The lowest BCUT2D eigenvalue weighted by molar-refractivity contribution is 0.0827. The summed E-state index contributed by atoms with van der Waals surface area (Å²) in [5.41, 5.74) is 3.10. The Labute approximate surface area is 184 Å². The van der Waals surface area contributed by atoms with Gasteiger partial charge in [-0.25, -0.2) is 9.67 Å². The van der Waals surface area contributed by atoms with Gasteiger partial charge < -0.3 is 10.2 Å². The van der Waals surface area contributed by atoms with Gasteiger partial charge in [-0.2, -0.15) is 5.10 Å². The Morgan fingerprint density at radius 1 is 1.13 bits per heavy atom. The van der Waals surface area contributed by atoms with Gasteiger partial charge in [0.15, 0.2) is 5.65 Å². The fourth-order valence-electron chi connectivity index (χ4n) is 3.29. The molecule has 0 aliphatic carbocycles. The van der Waals surface area contributed by atoms with E-state index in [1.165, 1.54) is 4.90 Å². The number of hydrogen-bond acceptors (Lipinski definition) is 5. The summed E-state index contributed by atoms with van der Waals surface area (Å²) in [6, 6.07) is 12.7. The van der Waals surface area contributed by atoms with Crippen molar-refractivity contribution in [3.63, 3.8) is 0 Å². The van der Waals surface area contributed by atoms with Crippen molar-refractivity contribution >= 4 is 39.9 Å². The highest BCUT2D eigenvalue weighted by Crippen LogP contribution is 2.29. The van der Waals surface area contributed by atoms with Gasteiger partial charge in [0, 0.05) is 31.4 Å². The number of benzene rings is 1. The zero-order chi connectivity index (χ0) is 22.1. The molecule has 0 bridgehead atoms. The topological polar surface area (TPSA) is 80.1 Å². The molecule has 31 heavy (non-hydrogen) atoms. The second-order valence-electron chi connectivity index (χ2n) is 7.68. The minimum absolute atomic E-state index is 0.0876. The number of pyridine rings is 1. The van der Waals surface area contributed by atoms with Gasteiger partial charge in [-0.1, -0.05) is 6.07 Å². The van der Waals surface area contributed by atoms with Crippen LogP contribution in [0.15, 0.2) is 54.0 Å². The van der Waals surface area contributed by atoms with Crippen LogP contribution >= 0.6 is 11.3 Å². The van der Waals surface area contributed by atoms with Crippen LogP contribution in [-0.2, 0) is 0 Å². The van der Waals surface area contributed by atoms with E-state index in [1.54, 1.807) is 62.0 Å². The average Bonchev–Trinajstić information content (AvgIpc) is 3.42. The minimum atomic E-state index is -0.250. The summed E-state index contributed by atoms with van der Waals surface area (Å²) >= 11 is 1.57. The lowest BCUT2D eigenvalue weighted by Crippen LogP contribution is -2.21. The number of fused-ring (bicyclic) bond motifs is 1. The smallest absolute Gasteiger partial charge is 0.256 e. The number of hydrogen-bond donors (Lipinski definition) is 1. The molecule has 0 unspecified atom stereocenters. The van der Waals surface area contributed by atoms with Crippen molar-refractivity contribution < 1.29 is 9.59 Å². The zero-order valence-corrected chi connectivity index (χ0v) is 18.6. The third-order valence-corrected chi connectivity index (χ3v) is 5.76. The number of nitrogens with zero attached hydrogens (tertiary/aromatic N) is 4. The Morgan fingerprint density at radius 2 is 1.87 bits per heavy atom. The van der Waals surface area contributed by atoms with Crippen LogP contribution in [-0.4, -0.2) is 45.6 Å². The molecule has 3 heterocycles. The van der Waals surface area contributed by atoms with Crippen molar-refractivity contribution in [1.29, 1.82) is 0 Å². The van der Waals surface area contributed by atoms with Gasteiger partial charge in [-0.15, -0.1) is 11.3 Å². The van der Waals surface area contributed by atoms with Crippen LogP contribution in [0.25, 0.3) is 21.6 Å². The van der Waals surface area contributed by atoms with E-state index in [0.29, 0.717) is 27.8 Å². The van der Waals surface area contributed by atoms with Gasteiger partial charge in [0.25, 0.3) is 11.8 Å². The van der Waals surface area contributed by atoms with Crippen LogP contribution in [0.1, 0.15) is 40.6 Å². The van der Waals surface area contributed by atoms with Crippen molar-refractivity contribution in [3.8, 4) is 10.6 Å². The fourth-order valence-corrected chi connectivity index (χ4v) is 3.97. The molecule has 2 amide bonds. The molecule has 0 aliphatic heterocycles. The monoisotopic (exact) mass is 433 g/mol. The number of nitrogens with one attached hydrogen (secondary N) is 1. The van der Waals surface area contributed by atoms with Crippen LogP contribution in [0.2, 0.25) is 0 Å². The first-order valence-corrected chi connectivity index (χ1v) is 10.8. The molecule has 4 aromatic rings. The normalized spacial score (nSPS) is 11.1. The van der Waals surface area contributed by atoms with Crippen LogP contribution in [0, 0.1) is 0 Å². The third-order valence-electron chi connectivity index (χ3n) is 4.87. The lowest BCUT2D eigenvalue weighted by Gasteiger charge is -2.12. The summed E-state index contributed by atoms with van der Waals surface area (Å²) < 4.78 is 1.82. The van der Waals surface area contributed by atoms with Gasteiger partial charge in [0.05, 0.1) is 27.7 Å². The molecule has 0 radical (unpaired) electrons. The molecule has 7 nitrogen and oxygen atoms in total. The Balaban J connectivity index is 1.71. The first kappa shape index (κ1) is 20.7. The molecule has 0 atom stereocenters. The van der Waals surface area contributed by atoms with Crippen LogP contribution < -0.4 is 5.32 Å². The number of anilines is 1. The van der Waals surface area contributed by atoms with Crippen LogP contribution in [0.3, 0.4) is 0 Å². The zero-order valence-electron chi connectivity index (χ0n) is 17.8. The Morgan fingerprint density at radius 3 is 2.48 bits per heavy atom. The van der Waals surface area contributed by atoms with E-state index in [9.17, 15) is 9.59 Å². The van der Waals surface area contributed by atoms with Crippen LogP contribution in [0.5, 0.6) is 0 Å². The van der Waals surface area contributed by atoms with E-state index >= 15 is 0 Å². The fraction of sp³-hybridized carbons (Fsp3) is 0.217. The summed E-state index contributed by atoms with van der Waals surface area (Å²) in [7, 11) is 3.41. The third kappa shape index (κ3) is 4.06. The maximum absolute atomic E-state index is 13.2. The molecule has 0 saturated carbocycles. The molecule has 0 aliphatic rings. The maximum atomic E-state index is 13.2. The van der Waals surface area contributed by atoms with Crippen molar-refractivity contribution in [1.82, 2.24) is 19.7 Å². The first-order chi connectivity index (χ1) is 14.8. The predicted molar refractivity (Wildman–Crippen MR) is 124 cm³/mol. The van der Waals surface area contributed by atoms with Crippen molar-refractivity contribution in [3.05, 3.63) is 65.2 Å². The lowest BCUT2D eigenvalue weighted by atomic mass is 10.1. The van der Waals surface area contributed by atoms with E-state index in [0.717, 1.165) is 10.6 Å². The summed E-state index contributed by atoms with van der Waals surface area (Å²) in [5.74, 6) is -0.337. The molecule has 1 N–H and O–H groups in total. The van der Waals surface area contributed by atoms with Gasteiger partial charge >= 0.3 is 0 Å². The SMILES string of the molecule is CC(C)n1ncc2c(C(=O)Nc3ccc(C(=O)N(C)C)cc3)cc(-c3cccs3)nc21. The van der Waals surface area contributed by atoms with E-state index in [4.69, 9.17) is 4.98 Å². The summed E-state index contributed by atoms with van der Waals surface area (Å²) in [6.07, 6.45) is 1.69. The van der Waals surface area contributed by atoms with E-state index in [-0.39, 0.29) is 17.9 Å². The molecule has 3 aromatic heterocycles. The molecule has 158 valence electrons. The number of thiophene rings is 1. The Hall–Kier alpha value is -3.52. The second kappa shape index (κ2) is 8.31. The quantitative estimate of drug-likeness (QED) is 0.495. The average molecular weight is 434 g/mol. The standard InChI is InChI=1S/C23H23N5O2S/c1-14(2)28-21-18(13-24-28)17(12-19(26-21)20-6-5-11-31-20)22(29)25-16-9-7-15(8-10-16)23(30)27(3)4/h5-14H,1-4H3,(H,25,29). The van der Waals surface area contributed by atoms with Gasteiger partial charge in [-0.05, 0) is 55.6 Å². The van der Waals surface area contributed by atoms with Gasteiger partial charge in [0.1, 0.15) is 0 Å². The van der Waals surface area contributed by atoms with E-state index < -0.39 is 0 Å². The second-order valence-corrected chi connectivity index (χ2v) is 8.63. The summed E-state index contributed by atoms with van der Waals surface area (Å²) in [5, 5.41) is 10.1. The number of carbonyl (C=O) groups is 2. The van der Waals surface area contributed by atoms with Crippen molar-refractivity contribution in [2.45, 2.75) is 19.9 Å². The summed E-state index contributed by atoms with van der Waals surface area (Å²) in [6.45, 7) is 4.06. The van der Waals surface area contributed by atoms with Crippen LogP contribution in [0.4, 0.5) is 5.69 Å². The highest BCUT2D eigenvalue weighted by molar-refractivity contribution is 7.13. The highest BCUT2D eigenvalue weighted by atomic mass is 32.1. The molecule has 0 fully saturated rings. The molecule has 4 rings (SSSR count). The Bertz CT molecular complexity index is 1240. The molecule has 0 saturated heterocycles. The molecular weight excluding hydrogens is 410 g/mol. The maximum Gasteiger partial charge on any atom is 0.256 e. The molecule has 1 aromatic carbocycles. The minimum Gasteiger partial charge on any atom is -0.345 e. The van der Waals surface area contributed by atoms with Gasteiger partial charge in [-0.3, -0.25) is 9.59 Å². The van der Waals surface area contributed by atoms with Gasteiger partial charge in [0.2, 0.25) is 0 Å². The van der Waals surface area contributed by atoms with Crippen molar-refractivity contribution in [2.24, 2.45) is 0 Å². The number of rotatable bonds is 5. The Kier molecular flexibility index (Phi) is 5.56. The van der Waals surface area contributed by atoms with Crippen molar-refractivity contribution in [2.75, 3.05) is 19.4 Å². The molecule has 8 heteroatoms. The van der Waals surface area contributed by atoms with E-state index in [2.05, 4.69) is 10.4 Å². The number of carbonyl (C=O) groups excluding carboxylic acids is 2. The predicted octanol–water partition coefficient (Wildman–Crippen LogP) is 4.69.